The number of nitrogens with two attached hydrogens (primary N) is 1. The van der Waals surface area contributed by atoms with Gasteiger partial charge in [0.25, 0.3) is 0 Å². The Hall–Kier alpha value is -1.95. The summed E-state index contributed by atoms with van der Waals surface area (Å²) in [6, 6.07) is 5.65. The summed E-state index contributed by atoms with van der Waals surface area (Å²) in [5.74, 6) is -0.0676. The molecular weight excluding hydrogens is 248 g/mol. The second-order valence-electron chi connectivity index (χ2n) is 3.89. The second-order valence-corrected chi connectivity index (χ2v) is 4.87. The topological polar surface area (TPSA) is 80.9 Å². The first-order valence-corrected chi connectivity index (χ1v) is 6.41. The number of carbonyl (C=O) groups excluding carboxylic acids is 1. The van der Waals surface area contributed by atoms with Crippen molar-refractivity contribution in [1.29, 1.82) is 0 Å². The minimum atomic E-state index is -0.0676. The molecule has 6 heteroatoms. The van der Waals surface area contributed by atoms with E-state index in [-0.39, 0.29) is 5.91 Å². The highest BCUT2D eigenvalue weighted by Gasteiger charge is 2.10. The Morgan fingerprint density at radius 3 is 2.94 bits per heavy atom. The van der Waals surface area contributed by atoms with Crippen LogP contribution in [0.15, 0.2) is 18.2 Å². The maximum atomic E-state index is 11.3. The molecule has 94 valence electrons. The first-order valence-electron chi connectivity index (χ1n) is 5.60. The quantitative estimate of drug-likeness (QED) is 0.832. The lowest BCUT2D eigenvalue weighted by molar-refractivity contribution is -0.115. The van der Waals surface area contributed by atoms with Gasteiger partial charge < -0.3 is 11.1 Å². The lowest BCUT2D eigenvalue weighted by Gasteiger charge is -2.02. The average Bonchev–Trinajstić information content (AvgIpc) is 2.80. The van der Waals surface area contributed by atoms with Gasteiger partial charge in [-0.1, -0.05) is 24.3 Å². The van der Waals surface area contributed by atoms with E-state index in [2.05, 4.69) is 15.5 Å². The maximum Gasteiger partial charge on any atom is 0.225 e. The number of amides is 1. The third-order valence-electron chi connectivity index (χ3n) is 2.48. The third-order valence-corrected chi connectivity index (χ3v) is 3.36. The van der Waals surface area contributed by atoms with Gasteiger partial charge in [-0.15, -0.1) is 10.2 Å². The molecule has 2 rings (SSSR count). The van der Waals surface area contributed by atoms with Crippen LogP contribution in [0.25, 0.3) is 10.6 Å². The fraction of sp³-hybridized carbons (Fsp3) is 0.250. The standard InChI is InChI=1S/C12H14N4OS/c1-3-10(17)14-12-16-15-11(18-12)9-6-8(13)5-4-7(9)2/h4-6H,3,13H2,1-2H3,(H,14,16,17). The van der Waals surface area contributed by atoms with Gasteiger partial charge in [0.05, 0.1) is 0 Å². The highest BCUT2D eigenvalue weighted by Crippen LogP contribution is 2.30. The Balaban J connectivity index is 2.29. The van der Waals surface area contributed by atoms with Gasteiger partial charge in [-0.25, -0.2) is 0 Å². The number of nitrogens with zero attached hydrogens (tertiary/aromatic N) is 2. The fourth-order valence-electron chi connectivity index (χ4n) is 1.46. The molecular formula is C12H14N4OS. The van der Waals surface area contributed by atoms with Crippen molar-refractivity contribution in [2.24, 2.45) is 0 Å². The smallest absolute Gasteiger partial charge is 0.225 e. The summed E-state index contributed by atoms with van der Waals surface area (Å²) < 4.78 is 0. The van der Waals surface area contributed by atoms with Gasteiger partial charge in [0.2, 0.25) is 11.0 Å². The molecule has 18 heavy (non-hydrogen) atoms. The van der Waals surface area contributed by atoms with Crippen molar-refractivity contribution in [3.63, 3.8) is 0 Å². The number of aryl methyl sites for hydroxylation is 1. The first-order chi connectivity index (χ1) is 8.60. The Kier molecular flexibility index (Phi) is 3.57. The van der Waals surface area contributed by atoms with Crippen molar-refractivity contribution in [2.45, 2.75) is 20.3 Å². The van der Waals surface area contributed by atoms with Crippen LogP contribution in [0.1, 0.15) is 18.9 Å². The van der Waals surface area contributed by atoms with E-state index >= 15 is 0 Å². The molecule has 0 aliphatic heterocycles. The lowest BCUT2D eigenvalue weighted by Crippen LogP contribution is -2.08. The summed E-state index contributed by atoms with van der Waals surface area (Å²) in [5.41, 5.74) is 8.47. The second kappa shape index (κ2) is 5.14. The average molecular weight is 262 g/mol. The molecule has 0 unspecified atom stereocenters. The zero-order valence-electron chi connectivity index (χ0n) is 10.2. The molecule has 0 radical (unpaired) electrons. The Morgan fingerprint density at radius 1 is 1.44 bits per heavy atom. The molecule has 0 spiro atoms. The van der Waals surface area contributed by atoms with Gasteiger partial charge in [0, 0.05) is 17.7 Å². The third kappa shape index (κ3) is 2.65. The molecule has 1 aromatic heterocycles. The van der Waals surface area contributed by atoms with Crippen molar-refractivity contribution in [3.8, 4) is 10.6 Å². The van der Waals surface area contributed by atoms with Crippen LogP contribution in [0, 0.1) is 6.92 Å². The SMILES string of the molecule is CCC(=O)Nc1nnc(-c2cc(N)ccc2C)s1. The number of hydrogen-bond acceptors (Lipinski definition) is 5. The molecule has 2 aromatic rings. The summed E-state index contributed by atoms with van der Waals surface area (Å²) in [7, 11) is 0. The van der Waals surface area contributed by atoms with E-state index in [0.717, 1.165) is 16.1 Å². The predicted molar refractivity (Wildman–Crippen MR) is 73.4 cm³/mol. The van der Waals surface area contributed by atoms with Crippen LogP contribution in [0.5, 0.6) is 0 Å². The number of aromatic nitrogens is 2. The number of nitrogens with one attached hydrogen (secondary N) is 1. The van der Waals surface area contributed by atoms with E-state index in [1.165, 1.54) is 11.3 Å². The van der Waals surface area contributed by atoms with Crippen molar-refractivity contribution in [2.75, 3.05) is 11.1 Å². The van der Waals surface area contributed by atoms with Crippen molar-refractivity contribution >= 4 is 28.1 Å². The van der Waals surface area contributed by atoms with E-state index in [4.69, 9.17) is 5.73 Å². The van der Waals surface area contributed by atoms with Crippen LogP contribution in [0.3, 0.4) is 0 Å². The number of benzene rings is 1. The molecule has 0 bridgehead atoms. The van der Waals surface area contributed by atoms with Gasteiger partial charge in [-0.2, -0.15) is 0 Å². The number of anilines is 2. The molecule has 0 fully saturated rings. The predicted octanol–water partition coefficient (Wildman–Crippen LogP) is 2.44. The summed E-state index contributed by atoms with van der Waals surface area (Å²) >= 11 is 1.34. The molecule has 0 saturated carbocycles. The van der Waals surface area contributed by atoms with Crippen molar-refractivity contribution in [1.82, 2.24) is 10.2 Å². The van der Waals surface area contributed by atoms with Crippen LogP contribution >= 0.6 is 11.3 Å². The number of rotatable bonds is 3. The minimum Gasteiger partial charge on any atom is -0.399 e. The summed E-state index contributed by atoms with van der Waals surface area (Å²) in [4.78, 5) is 11.3. The molecule has 0 saturated heterocycles. The van der Waals surface area contributed by atoms with Gasteiger partial charge >= 0.3 is 0 Å². The van der Waals surface area contributed by atoms with Gasteiger partial charge in [-0.05, 0) is 24.6 Å². The number of nitrogen functional groups attached to an aromatic ring is 1. The van der Waals surface area contributed by atoms with Crippen LogP contribution in [-0.2, 0) is 4.79 Å². The molecule has 1 heterocycles. The van der Waals surface area contributed by atoms with E-state index in [0.29, 0.717) is 17.2 Å². The van der Waals surface area contributed by atoms with E-state index in [1.807, 2.05) is 25.1 Å². The van der Waals surface area contributed by atoms with E-state index < -0.39 is 0 Å². The summed E-state index contributed by atoms with van der Waals surface area (Å²) in [5, 5.41) is 12.0. The van der Waals surface area contributed by atoms with E-state index in [9.17, 15) is 4.79 Å². The lowest BCUT2D eigenvalue weighted by atomic mass is 10.1. The molecule has 1 aromatic carbocycles. The number of hydrogen-bond donors (Lipinski definition) is 2. The molecule has 3 N–H and O–H groups in total. The molecule has 5 nitrogen and oxygen atoms in total. The maximum absolute atomic E-state index is 11.3. The highest BCUT2D eigenvalue weighted by molar-refractivity contribution is 7.18. The largest absolute Gasteiger partial charge is 0.399 e. The first kappa shape index (κ1) is 12.5. The van der Waals surface area contributed by atoms with Crippen LogP contribution in [-0.4, -0.2) is 16.1 Å². The van der Waals surface area contributed by atoms with E-state index in [1.54, 1.807) is 6.92 Å². The van der Waals surface area contributed by atoms with Crippen molar-refractivity contribution < 1.29 is 4.79 Å². The molecule has 0 atom stereocenters. The van der Waals surface area contributed by atoms with Crippen LogP contribution in [0.2, 0.25) is 0 Å². The normalized spacial score (nSPS) is 10.3. The van der Waals surface area contributed by atoms with Crippen molar-refractivity contribution in [3.05, 3.63) is 23.8 Å². The summed E-state index contributed by atoms with van der Waals surface area (Å²) in [6.07, 6.45) is 0.423. The molecule has 0 aliphatic rings. The molecule has 1 amide bonds. The number of carbonyl (C=O) groups is 1. The molecule has 0 aliphatic carbocycles. The zero-order chi connectivity index (χ0) is 13.1. The highest BCUT2D eigenvalue weighted by atomic mass is 32.1. The Bertz CT molecular complexity index is 579. The van der Waals surface area contributed by atoms with Gasteiger partial charge in [0.1, 0.15) is 5.01 Å². The zero-order valence-corrected chi connectivity index (χ0v) is 11.0. The van der Waals surface area contributed by atoms with Crippen LogP contribution < -0.4 is 11.1 Å². The van der Waals surface area contributed by atoms with Crippen LogP contribution in [0.4, 0.5) is 10.8 Å². The van der Waals surface area contributed by atoms with Gasteiger partial charge in [0.15, 0.2) is 0 Å². The Morgan fingerprint density at radius 2 is 2.22 bits per heavy atom. The summed E-state index contributed by atoms with van der Waals surface area (Å²) in [6.45, 7) is 3.78. The minimum absolute atomic E-state index is 0.0676. The Labute approximate surface area is 109 Å². The fourth-order valence-corrected chi connectivity index (χ4v) is 2.30. The van der Waals surface area contributed by atoms with Gasteiger partial charge in [-0.3, -0.25) is 4.79 Å². The monoisotopic (exact) mass is 262 g/mol.